The molecule has 3 aromatic heterocycles. The van der Waals surface area contributed by atoms with Crippen LogP contribution >= 0.6 is 0 Å². The lowest BCUT2D eigenvalue weighted by molar-refractivity contribution is 0.0623. The van der Waals surface area contributed by atoms with Crippen molar-refractivity contribution in [2.24, 2.45) is 0 Å². The van der Waals surface area contributed by atoms with E-state index in [1.165, 1.54) is 12.1 Å². The predicted octanol–water partition coefficient (Wildman–Crippen LogP) is 11.5. The van der Waals surface area contributed by atoms with E-state index in [4.69, 9.17) is 19.4 Å². The van der Waals surface area contributed by atoms with Crippen molar-refractivity contribution in [2.75, 3.05) is 13.2 Å². The number of ether oxygens (including phenoxy) is 2. The fourth-order valence-corrected chi connectivity index (χ4v) is 6.69. The van der Waals surface area contributed by atoms with Crippen molar-refractivity contribution in [3.05, 3.63) is 142 Å². The first-order chi connectivity index (χ1) is 26.4. The van der Waals surface area contributed by atoms with E-state index in [1.54, 1.807) is 12.1 Å². The second-order valence-corrected chi connectivity index (χ2v) is 14.0. The number of halogens is 4. The van der Waals surface area contributed by atoms with Crippen LogP contribution < -0.4 is 0 Å². The second kappa shape index (κ2) is 16.0. The van der Waals surface area contributed by atoms with Crippen molar-refractivity contribution in [3.8, 4) is 0 Å². The van der Waals surface area contributed by atoms with E-state index in [-0.39, 0.29) is 24.0 Å². The van der Waals surface area contributed by atoms with Crippen LogP contribution in [0.5, 0.6) is 0 Å². The largest absolute Gasteiger partial charge is 0.374 e. The van der Waals surface area contributed by atoms with Crippen LogP contribution in [0.25, 0.3) is 45.9 Å². The molecule has 0 fully saturated rings. The van der Waals surface area contributed by atoms with Crippen LogP contribution in [0.15, 0.2) is 78.8 Å². The number of hydrogen-bond donors (Lipinski definition) is 2. The Hall–Kier alpha value is -5.32. The summed E-state index contributed by atoms with van der Waals surface area (Å²) in [6.45, 7) is 8.46. The van der Waals surface area contributed by atoms with Gasteiger partial charge >= 0.3 is 0 Å². The Morgan fingerprint density at radius 3 is 1.80 bits per heavy atom. The summed E-state index contributed by atoms with van der Waals surface area (Å²) in [5, 5.41) is 0. The maximum absolute atomic E-state index is 13.9. The number of H-pyrrole nitrogens is 2. The van der Waals surface area contributed by atoms with E-state index in [0.29, 0.717) is 70.9 Å². The monoisotopic (exact) mass is 735 g/mol. The molecule has 0 radical (unpaired) electrons. The molecule has 6 nitrogen and oxygen atoms in total. The highest BCUT2D eigenvalue weighted by Crippen LogP contribution is 2.31. The van der Waals surface area contributed by atoms with E-state index >= 15 is 0 Å². The van der Waals surface area contributed by atoms with Gasteiger partial charge in [-0.05, 0) is 135 Å². The highest BCUT2D eigenvalue weighted by Gasteiger charge is 2.20. The van der Waals surface area contributed by atoms with Crippen LogP contribution in [0.1, 0.15) is 99.3 Å². The smallest absolute Gasteiger partial charge is 0.159 e. The average molecular weight is 736 g/mol. The zero-order chi connectivity index (χ0) is 38.8. The van der Waals surface area contributed by atoms with Crippen LogP contribution in [0.4, 0.5) is 17.6 Å². The maximum atomic E-state index is 13.9. The molecule has 10 heteroatoms. The number of nitrogens with one attached hydrogen (secondary N) is 2. The zero-order valence-corrected chi connectivity index (χ0v) is 30.5. The van der Waals surface area contributed by atoms with Gasteiger partial charge in [-0.1, -0.05) is 26.0 Å². The summed E-state index contributed by atoms with van der Waals surface area (Å²) in [5.41, 5.74) is 8.66. The van der Waals surface area contributed by atoms with Gasteiger partial charge in [0.2, 0.25) is 0 Å². The van der Waals surface area contributed by atoms with Gasteiger partial charge in [0.15, 0.2) is 23.3 Å². The summed E-state index contributed by atoms with van der Waals surface area (Å²) in [7, 11) is 0. The average Bonchev–Trinajstić information content (AvgIpc) is 3.95. The molecule has 2 aliphatic rings. The van der Waals surface area contributed by atoms with Gasteiger partial charge in [-0.25, -0.2) is 27.5 Å². The summed E-state index contributed by atoms with van der Waals surface area (Å²) in [6, 6.07) is 19.8. The number of hydrogen-bond acceptors (Lipinski definition) is 4. The zero-order valence-electron chi connectivity index (χ0n) is 31.5. The highest BCUT2D eigenvalue weighted by atomic mass is 19.2. The molecule has 0 saturated heterocycles. The molecule has 2 N–H and O–H groups in total. The van der Waals surface area contributed by atoms with Crippen LogP contribution in [0.3, 0.4) is 0 Å². The molecule has 5 heterocycles. The van der Waals surface area contributed by atoms with Crippen molar-refractivity contribution >= 4 is 45.9 Å². The van der Waals surface area contributed by atoms with Crippen molar-refractivity contribution in [3.63, 3.8) is 0 Å². The molecule has 2 aromatic carbocycles. The van der Waals surface area contributed by atoms with Gasteiger partial charge in [-0.3, -0.25) is 0 Å². The Morgan fingerprint density at radius 2 is 1.19 bits per heavy atom. The van der Waals surface area contributed by atoms with E-state index < -0.39 is 29.4 Å². The van der Waals surface area contributed by atoms with Crippen molar-refractivity contribution in [2.45, 2.75) is 64.6 Å². The Labute approximate surface area is 313 Å². The van der Waals surface area contributed by atoms with Gasteiger partial charge in [0, 0.05) is 46.4 Å². The third-order valence-corrected chi connectivity index (χ3v) is 9.98. The van der Waals surface area contributed by atoms with Gasteiger partial charge in [0.05, 0.1) is 36.4 Å². The predicted molar refractivity (Wildman–Crippen MR) is 206 cm³/mol. The molecule has 0 amide bonds. The Morgan fingerprint density at radius 1 is 0.611 bits per heavy atom. The Kier molecular flexibility index (Phi) is 10.6. The van der Waals surface area contributed by atoms with Gasteiger partial charge in [0.1, 0.15) is 0 Å². The van der Waals surface area contributed by atoms with Crippen molar-refractivity contribution in [1.82, 2.24) is 19.9 Å². The van der Waals surface area contributed by atoms with Crippen molar-refractivity contribution in [1.29, 1.82) is 0 Å². The third kappa shape index (κ3) is 8.56. The molecule has 0 saturated carbocycles. The quantitative estimate of drug-likeness (QED) is 0.123. The number of benzene rings is 2. The van der Waals surface area contributed by atoms with Gasteiger partial charge in [0.25, 0.3) is 0 Å². The van der Waals surface area contributed by atoms with E-state index in [1.807, 2.05) is 82.3 Å². The summed E-state index contributed by atoms with van der Waals surface area (Å²) in [4.78, 5) is 16.6. The third-order valence-electron chi connectivity index (χ3n) is 9.98. The SMILES string of the molecule is [2H]c1c(C(C)OCCC(C)c2ccc(F)c(F)c2)c2cc3nc(cc4ccc(cc5nc(cc1[nH]2)C=C5)[nH]4)C(C(C)OCCC(C)c1ccc(F)c(F)c1)=C3. The fraction of sp³-hybridized carbons (Fsp3) is 0.273. The van der Waals surface area contributed by atoms with Crippen molar-refractivity contribution < 1.29 is 28.4 Å². The summed E-state index contributed by atoms with van der Waals surface area (Å²) < 4.78 is 76.7. The standard InChI is InChI=1S/C44H42F4N4O2/c1-25(29-5-11-39(45)41(47)17-29)13-15-53-27(3)37-21-35-20-33-8-7-31(49-33)19-32-9-10-34(50-32)23-43-38(22-36(52-43)24-44(37)51-35)28(4)54-16-14-26(2)30-6-12-40(46)42(48)18-30/h5-12,17-28,50-51H,13-16H2,1-4H3/i21D. The number of fused-ring (bicyclic) bond motifs is 8. The van der Waals surface area contributed by atoms with Crippen LogP contribution in [0.2, 0.25) is 0 Å². The van der Waals surface area contributed by atoms with E-state index in [2.05, 4.69) is 9.97 Å². The Bertz CT molecular complexity index is 2460. The first kappa shape index (κ1) is 35.7. The molecule has 5 aromatic rings. The number of nitrogens with zero attached hydrogens (tertiary/aromatic N) is 2. The molecule has 7 rings (SSSR count). The Balaban J connectivity index is 1.21. The molecule has 8 bridgehead atoms. The summed E-state index contributed by atoms with van der Waals surface area (Å²) in [5.74, 6) is -3.62. The normalized spacial score (nSPS) is 15.1. The molecule has 2 aliphatic heterocycles. The number of aromatic nitrogens is 4. The molecule has 4 atom stereocenters. The number of aromatic amines is 2. The molecule has 54 heavy (non-hydrogen) atoms. The van der Waals surface area contributed by atoms with Crippen LogP contribution in [-0.4, -0.2) is 39.3 Å². The lowest BCUT2D eigenvalue weighted by Gasteiger charge is -2.17. The minimum Gasteiger partial charge on any atom is -0.374 e. The van der Waals surface area contributed by atoms with Gasteiger partial charge < -0.3 is 19.4 Å². The van der Waals surface area contributed by atoms with Crippen LogP contribution in [-0.2, 0) is 9.47 Å². The first-order valence-corrected chi connectivity index (χ1v) is 18.2. The second-order valence-electron chi connectivity index (χ2n) is 14.0. The minimum absolute atomic E-state index is 0.0474. The number of rotatable bonds is 12. The topological polar surface area (TPSA) is 75.8 Å². The molecule has 4 unspecified atom stereocenters. The lowest BCUT2D eigenvalue weighted by Crippen LogP contribution is -2.12. The molecule has 278 valence electrons. The van der Waals surface area contributed by atoms with E-state index in [9.17, 15) is 18.9 Å². The molecular formula is C44H42F4N4O2. The minimum atomic E-state index is -0.879. The maximum Gasteiger partial charge on any atom is 0.159 e. The highest BCUT2D eigenvalue weighted by molar-refractivity contribution is 5.87. The molecule has 0 spiro atoms. The summed E-state index contributed by atoms with van der Waals surface area (Å²) in [6.07, 6.45) is 6.11. The fourth-order valence-electron chi connectivity index (χ4n) is 6.69. The van der Waals surface area contributed by atoms with E-state index in [0.717, 1.165) is 34.4 Å². The van der Waals surface area contributed by atoms with Crippen LogP contribution in [0, 0.1) is 23.3 Å². The first-order valence-electron chi connectivity index (χ1n) is 18.7. The van der Waals surface area contributed by atoms with Gasteiger partial charge in [-0.15, -0.1) is 0 Å². The lowest BCUT2D eigenvalue weighted by atomic mass is 9.98. The molecule has 0 aliphatic carbocycles. The van der Waals surface area contributed by atoms with Gasteiger partial charge in [-0.2, -0.15) is 0 Å². The summed E-state index contributed by atoms with van der Waals surface area (Å²) >= 11 is 0. The molecular weight excluding hydrogens is 693 g/mol.